The summed E-state index contributed by atoms with van der Waals surface area (Å²) in [5.74, 6) is -1.21. The van der Waals surface area contributed by atoms with Gasteiger partial charge in [0.1, 0.15) is 11.4 Å². The average molecular weight is 713 g/mol. The molecule has 1 atom stereocenters. The van der Waals surface area contributed by atoms with Gasteiger partial charge >= 0.3 is 0 Å². The van der Waals surface area contributed by atoms with Crippen molar-refractivity contribution in [1.29, 1.82) is 0 Å². The zero-order valence-electron chi connectivity index (χ0n) is 19.4. The Morgan fingerprint density at radius 2 is 1.74 bits per heavy atom. The number of aliphatic imine (C=N–C) groups is 1. The number of hydrogen-bond donors (Lipinski definition) is 8. The lowest BCUT2D eigenvalue weighted by Crippen LogP contribution is -2.38. The van der Waals surface area contributed by atoms with Gasteiger partial charge in [0, 0.05) is 23.8 Å². The Labute approximate surface area is 240 Å². The van der Waals surface area contributed by atoms with Crippen LogP contribution in [0.15, 0.2) is 55.1 Å². The zero-order valence-corrected chi connectivity index (χ0v) is 24.1. The van der Waals surface area contributed by atoms with E-state index in [2.05, 4.69) is 88.7 Å². The molecule has 0 saturated heterocycles. The molecule has 3 aromatic rings. The summed E-state index contributed by atoms with van der Waals surface area (Å²) in [6.45, 7) is 0.270. The Morgan fingerprint density at radius 3 is 2.34 bits per heavy atom. The van der Waals surface area contributed by atoms with Gasteiger partial charge in [0.05, 0.1) is 20.5 Å². The average Bonchev–Trinajstić information content (AvgIpc) is 3.62. The molecule has 16 heteroatoms. The van der Waals surface area contributed by atoms with Gasteiger partial charge in [-0.3, -0.25) is 19.7 Å². The van der Waals surface area contributed by atoms with Crippen LogP contribution in [0.1, 0.15) is 32.4 Å². The predicted molar refractivity (Wildman–Crippen MR) is 152 cm³/mol. The van der Waals surface area contributed by atoms with Crippen molar-refractivity contribution in [2.24, 2.45) is 10.7 Å². The summed E-state index contributed by atoms with van der Waals surface area (Å²) in [7, 11) is 0. The van der Waals surface area contributed by atoms with E-state index < -0.39 is 11.4 Å². The molecule has 0 aliphatic carbocycles. The van der Waals surface area contributed by atoms with Crippen LogP contribution in [0.4, 0.5) is 5.95 Å². The summed E-state index contributed by atoms with van der Waals surface area (Å²) in [6.07, 6.45) is 7.98. The number of rotatable bonds is 9. The number of nitrogens with one attached hydrogen (secondary N) is 6. The van der Waals surface area contributed by atoms with Crippen molar-refractivity contribution in [3.8, 4) is 0 Å². The van der Waals surface area contributed by atoms with E-state index >= 15 is 0 Å². The standard InChI is InChI=1S/C22H21Br3N10O3/c23-10-7-13(30-9-10)17(36)28-5-1-3-12-15(33-20(26)32-12)22(19(38)34-21(27)35-22)4-2-6-29-18(37)14-8-11(24)16(25)31-14/h1-4,7-9,30-31H,5-6H2,(H,28,36)(H,29,37)(H3,26,32,33)(H3,27,34,35,38)/b3-1+,4-2+. The van der Waals surface area contributed by atoms with E-state index in [-0.39, 0.29) is 42.5 Å². The van der Waals surface area contributed by atoms with Gasteiger partial charge in [-0.15, -0.1) is 0 Å². The highest BCUT2D eigenvalue weighted by Crippen LogP contribution is 2.33. The fourth-order valence-corrected chi connectivity index (χ4v) is 4.58. The highest BCUT2D eigenvalue weighted by molar-refractivity contribution is 9.13. The minimum Gasteiger partial charge on any atom is -0.370 e. The highest BCUT2D eigenvalue weighted by atomic mass is 79.9. The molecule has 4 heterocycles. The first-order valence-electron chi connectivity index (χ1n) is 10.9. The van der Waals surface area contributed by atoms with Gasteiger partial charge in [0.2, 0.25) is 5.54 Å². The molecule has 4 rings (SSSR count). The number of anilines is 1. The summed E-state index contributed by atoms with van der Waals surface area (Å²) >= 11 is 9.88. The number of aromatic amines is 3. The molecule has 1 aliphatic rings. The molecule has 13 nitrogen and oxygen atoms in total. The molecule has 3 aromatic heterocycles. The van der Waals surface area contributed by atoms with E-state index in [9.17, 15) is 14.4 Å². The number of nitrogen functional groups attached to an aromatic ring is 1. The maximum absolute atomic E-state index is 13.0. The Bertz CT molecular complexity index is 1470. The molecule has 1 aliphatic heterocycles. The zero-order chi connectivity index (χ0) is 27.4. The van der Waals surface area contributed by atoms with Crippen LogP contribution in [0.5, 0.6) is 0 Å². The molecule has 0 saturated carbocycles. The van der Waals surface area contributed by atoms with Crippen molar-refractivity contribution in [3.05, 3.63) is 72.9 Å². The van der Waals surface area contributed by atoms with E-state index in [1.165, 1.54) is 6.08 Å². The first-order chi connectivity index (χ1) is 18.1. The van der Waals surface area contributed by atoms with Crippen molar-refractivity contribution in [3.63, 3.8) is 0 Å². The molecule has 10 N–H and O–H groups in total. The second-order valence-electron chi connectivity index (χ2n) is 7.90. The van der Waals surface area contributed by atoms with Gasteiger partial charge in [-0.25, -0.2) is 9.98 Å². The topological polar surface area (TPSA) is 212 Å². The lowest BCUT2D eigenvalue weighted by Gasteiger charge is -2.18. The third-order valence-corrected chi connectivity index (χ3v) is 7.51. The first kappa shape index (κ1) is 27.4. The third kappa shape index (κ3) is 5.92. The predicted octanol–water partition coefficient (Wildman–Crippen LogP) is 2.00. The minimum absolute atomic E-state index is 0.0531. The maximum atomic E-state index is 13.0. The summed E-state index contributed by atoms with van der Waals surface area (Å²) in [6, 6.07) is 3.28. The normalized spacial score (nSPS) is 17.2. The van der Waals surface area contributed by atoms with Gasteiger partial charge < -0.3 is 37.1 Å². The van der Waals surface area contributed by atoms with Crippen LogP contribution in [-0.2, 0) is 10.3 Å². The van der Waals surface area contributed by atoms with E-state index in [4.69, 9.17) is 11.5 Å². The van der Waals surface area contributed by atoms with Crippen molar-refractivity contribution in [2.45, 2.75) is 5.54 Å². The smallest absolute Gasteiger partial charge is 0.268 e. The third-order valence-electron chi connectivity index (χ3n) is 5.27. The molecular weight excluding hydrogens is 692 g/mol. The van der Waals surface area contributed by atoms with Crippen LogP contribution in [0, 0.1) is 0 Å². The van der Waals surface area contributed by atoms with Crippen LogP contribution in [0.2, 0.25) is 0 Å². The number of carbonyl (C=O) groups is 3. The molecule has 0 fully saturated rings. The Balaban J connectivity index is 1.49. The lowest BCUT2D eigenvalue weighted by molar-refractivity contribution is -0.122. The van der Waals surface area contributed by atoms with E-state index in [0.717, 1.165) is 4.47 Å². The van der Waals surface area contributed by atoms with Gasteiger partial charge in [0.25, 0.3) is 17.7 Å². The first-order valence-corrected chi connectivity index (χ1v) is 13.3. The lowest BCUT2D eigenvalue weighted by atomic mass is 9.93. The summed E-state index contributed by atoms with van der Waals surface area (Å²) in [5, 5.41) is 7.95. The van der Waals surface area contributed by atoms with Gasteiger partial charge in [-0.05, 0) is 72.1 Å². The number of halogens is 3. The van der Waals surface area contributed by atoms with Crippen LogP contribution in [0.25, 0.3) is 6.08 Å². The maximum Gasteiger partial charge on any atom is 0.268 e. The summed E-state index contributed by atoms with van der Waals surface area (Å²) in [4.78, 5) is 54.8. The number of aromatic nitrogens is 4. The van der Waals surface area contributed by atoms with Crippen molar-refractivity contribution in [1.82, 2.24) is 35.9 Å². The SMILES string of the molecule is NC1=NC(/C=C/CNC(=O)c2cc(Br)c(Br)[nH]2)(c2[nH]c(N)nc2/C=C/CNC(=O)c2cc(Br)c[nH]2)C(=O)N1. The Kier molecular flexibility index (Phi) is 8.23. The number of guanidine groups is 1. The minimum atomic E-state index is -1.60. The molecule has 0 radical (unpaired) electrons. The Hall–Kier alpha value is -3.63. The van der Waals surface area contributed by atoms with Gasteiger partial charge in [-0.2, -0.15) is 0 Å². The highest BCUT2D eigenvalue weighted by Gasteiger charge is 2.45. The monoisotopic (exact) mass is 710 g/mol. The number of H-pyrrole nitrogens is 3. The van der Waals surface area contributed by atoms with Crippen LogP contribution >= 0.6 is 47.8 Å². The van der Waals surface area contributed by atoms with E-state index in [1.54, 1.807) is 36.6 Å². The van der Waals surface area contributed by atoms with E-state index in [1.807, 2.05) is 0 Å². The molecule has 198 valence electrons. The number of imidazole rings is 1. The fraction of sp³-hybridized carbons (Fsp3) is 0.136. The quantitative estimate of drug-likeness (QED) is 0.155. The molecule has 1 unspecified atom stereocenters. The van der Waals surface area contributed by atoms with Gasteiger partial charge in [0.15, 0.2) is 11.9 Å². The van der Waals surface area contributed by atoms with Crippen LogP contribution in [0.3, 0.4) is 0 Å². The molecule has 0 spiro atoms. The number of carbonyl (C=O) groups excluding carboxylic acids is 3. The van der Waals surface area contributed by atoms with Crippen LogP contribution in [-0.4, -0.2) is 56.7 Å². The second-order valence-corrected chi connectivity index (χ2v) is 10.5. The number of nitrogens with zero attached hydrogens (tertiary/aromatic N) is 2. The van der Waals surface area contributed by atoms with Crippen molar-refractivity contribution in [2.75, 3.05) is 18.8 Å². The van der Waals surface area contributed by atoms with E-state index in [0.29, 0.717) is 26.2 Å². The van der Waals surface area contributed by atoms with Crippen LogP contribution < -0.4 is 27.4 Å². The number of nitrogens with two attached hydrogens (primary N) is 2. The number of amides is 3. The Morgan fingerprint density at radius 1 is 1.03 bits per heavy atom. The molecule has 3 amide bonds. The molecule has 38 heavy (non-hydrogen) atoms. The molecular formula is C22H21Br3N10O3. The summed E-state index contributed by atoms with van der Waals surface area (Å²) < 4.78 is 2.10. The summed E-state index contributed by atoms with van der Waals surface area (Å²) in [5.41, 5.74) is 11.5. The number of hydrogen-bond acceptors (Lipinski definition) is 7. The molecule has 0 aromatic carbocycles. The second kappa shape index (κ2) is 11.4. The van der Waals surface area contributed by atoms with Crippen molar-refractivity contribution < 1.29 is 14.4 Å². The van der Waals surface area contributed by atoms with Gasteiger partial charge in [-0.1, -0.05) is 12.2 Å². The molecule has 0 bridgehead atoms. The fourth-order valence-electron chi connectivity index (χ4n) is 3.58. The van der Waals surface area contributed by atoms with Crippen molar-refractivity contribution >= 4 is 83.5 Å². The largest absolute Gasteiger partial charge is 0.370 e.